The Morgan fingerprint density at radius 3 is 2.44 bits per heavy atom. The molecule has 2 nitrogen and oxygen atoms in total. The van der Waals surface area contributed by atoms with Crippen LogP contribution in [0.15, 0.2) is 48.7 Å². The van der Waals surface area contributed by atoms with Crippen LogP contribution < -0.4 is 0 Å². The van der Waals surface area contributed by atoms with Gasteiger partial charge in [-0.25, -0.2) is 0 Å². The van der Waals surface area contributed by atoms with Crippen LogP contribution in [-0.4, -0.2) is 11.3 Å². The first-order valence-corrected chi connectivity index (χ1v) is 6.07. The van der Waals surface area contributed by atoms with Gasteiger partial charge in [-0.15, -0.1) is 0 Å². The molecule has 0 saturated heterocycles. The Hall–Kier alpha value is -1.96. The summed E-state index contributed by atoms with van der Waals surface area (Å²) in [5.41, 5.74) is 2.66. The second kappa shape index (κ2) is 5.13. The molecule has 1 atom stereocenters. The van der Waals surface area contributed by atoms with Gasteiger partial charge in [-0.3, -0.25) is 4.98 Å². The number of carbonyl (C=O) groups is 1. The summed E-state index contributed by atoms with van der Waals surface area (Å²) in [7, 11) is 0. The predicted octanol–water partition coefficient (Wildman–Crippen LogP) is 3.09. The monoisotopic (exact) mass is 239 g/mol. The largest absolute Gasteiger partial charge is 0.302 e. The molecule has 0 aliphatic carbocycles. The lowest BCUT2D eigenvalue weighted by atomic mass is 9.79. The Labute approximate surface area is 108 Å². The quantitative estimate of drug-likeness (QED) is 0.767. The van der Waals surface area contributed by atoms with Crippen LogP contribution in [-0.2, 0) is 16.6 Å². The standard InChI is InChI=1S/C16H17NO/c1-13-6-8-14(9-7-13)16(2,12-18)11-15-5-3-4-10-17-15/h3-10,12H,11H2,1-2H3. The molecule has 1 heterocycles. The molecule has 1 aromatic carbocycles. The van der Waals surface area contributed by atoms with E-state index in [-0.39, 0.29) is 0 Å². The molecule has 0 radical (unpaired) electrons. The highest BCUT2D eigenvalue weighted by atomic mass is 16.1. The second-order valence-corrected chi connectivity index (χ2v) is 4.90. The first kappa shape index (κ1) is 12.5. The molecule has 2 rings (SSSR count). The van der Waals surface area contributed by atoms with Crippen molar-refractivity contribution in [2.75, 3.05) is 0 Å². The normalized spacial score (nSPS) is 13.9. The van der Waals surface area contributed by atoms with Crippen LogP contribution >= 0.6 is 0 Å². The Balaban J connectivity index is 2.30. The molecular formula is C16H17NO. The maximum absolute atomic E-state index is 11.5. The Morgan fingerprint density at radius 2 is 1.89 bits per heavy atom. The topological polar surface area (TPSA) is 30.0 Å². The van der Waals surface area contributed by atoms with Crippen molar-refractivity contribution in [3.63, 3.8) is 0 Å². The highest BCUT2D eigenvalue weighted by Gasteiger charge is 2.26. The summed E-state index contributed by atoms with van der Waals surface area (Å²) in [6, 6.07) is 13.9. The molecule has 2 aromatic rings. The van der Waals surface area contributed by atoms with Gasteiger partial charge < -0.3 is 4.79 Å². The summed E-state index contributed by atoms with van der Waals surface area (Å²) in [4.78, 5) is 15.8. The molecule has 18 heavy (non-hydrogen) atoms. The summed E-state index contributed by atoms with van der Waals surface area (Å²) in [6.07, 6.45) is 3.41. The lowest BCUT2D eigenvalue weighted by Gasteiger charge is -2.23. The van der Waals surface area contributed by atoms with Crippen molar-refractivity contribution in [3.8, 4) is 0 Å². The lowest BCUT2D eigenvalue weighted by Crippen LogP contribution is -2.27. The van der Waals surface area contributed by atoms with Crippen molar-refractivity contribution in [1.29, 1.82) is 0 Å². The van der Waals surface area contributed by atoms with E-state index >= 15 is 0 Å². The summed E-state index contributed by atoms with van der Waals surface area (Å²) >= 11 is 0. The number of hydrogen-bond donors (Lipinski definition) is 0. The minimum absolute atomic E-state index is 0.512. The smallest absolute Gasteiger partial charge is 0.130 e. The van der Waals surface area contributed by atoms with E-state index in [1.807, 2.05) is 56.3 Å². The maximum Gasteiger partial charge on any atom is 0.130 e. The predicted molar refractivity (Wildman–Crippen MR) is 72.5 cm³/mol. The highest BCUT2D eigenvalue weighted by molar-refractivity contribution is 5.68. The van der Waals surface area contributed by atoms with Crippen molar-refractivity contribution in [2.45, 2.75) is 25.7 Å². The average molecular weight is 239 g/mol. The molecule has 0 fully saturated rings. The fourth-order valence-corrected chi connectivity index (χ4v) is 2.03. The van der Waals surface area contributed by atoms with Gasteiger partial charge in [0.1, 0.15) is 6.29 Å². The minimum atomic E-state index is -0.512. The number of aryl methyl sites for hydroxylation is 1. The van der Waals surface area contributed by atoms with Crippen molar-refractivity contribution in [3.05, 3.63) is 65.5 Å². The van der Waals surface area contributed by atoms with E-state index < -0.39 is 5.41 Å². The molecule has 1 unspecified atom stereocenters. The number of benzene rings is 1. The van der Waals surface area contributed by atoms with E-state index in [0.717, 1.165) is 17.5 Å². The third-order valence-electron chi connectivity index (χ3n) is 3.25. The van der Waals surface area contributed by atoms with Crippen molar-refractivity contribution in [2.24, 2.45) is 0 Å². The molecule has 0 bridgehead atoms. The SMILES string of the molecule is Cc1ccc(C(C)(C=O)Cc2ccccn2)cc1. The van der Waals surface area contributed by atoms with E-state index in [4.69, 9.17) is 0 Å². The molecule has 0 aliphatic rings. The minimum Gasteiger partial charge on any atom is -0.302 e. The Morgan fingerprint density at radius 1 is 1.17 bits per heavy atom. The van der Waals surface area contributed by atoms with E-state index in [1.54, 1.807) is 6.20 Å². The zero-order valence-electron chi connectivity index (χ0n) is 10.8. The van der Waals surface area contributed by atoms with Gasteiger partial charge in [0.05, 0.1) is 5.41 Å². The van der Waals surface area contributed by atoms with Crippen LogP contribution in [0.25, 0.3) is 0 Å². The van der Waals surface area contributed by atoms with Crippen molar-refractivity contribution >= 4 is 6.29 Å². The van der Waals surface area contributed by atoms with Crippen LogP contribution in [0.4, 0.5) is 0 Å². The van der Waals surface area contributed by atoms with Gasteiger partial charge in [0.2, 0.25) is 0 Å². The zero-order valence-corrected chi connectivity index (χ0v) is 10.8. The van der Waals surface area contributed by atoms with Crippen LogP contribution in [0.2, 0.25) is 0 Å². The molecule has 0 saturated carbocycles. The first-order valence-electron chi connectivity index (χ1n) is 6.07. The van der Waals surface area contributed by atoms with E-state index in [2.05, 4.69) is 4.98 Å². The van der Waals surface area contributed by atoms with Gasteiger partial charge in [-0.1, -0.05) is 35.9 Å². The van der Waals surface area contributed by atoms with Gasteiger partial charge in [-0.05, 0) is 31.5 Å². The van der Waals surface area contributed by atoms with Crippen LogP contribution in [0.1, 0.15) is 23.7 Å². The Bertz CT molecular complexity index is 519. The number of rotatable bonds is 4. The number of pyridine rings is 1. The molecule has 0 amide bonds. The van der Waals surface area contributed by atoms with Crippen LogP contribution in [0.3, 0.4) is 0 Å². The summed E-state index contributed by atoms with van der Waals surface area (Å²) in [5.74, 6) is 0. The number of nitrogens with zero attached hydrogens (tertiary/aromatic N) is 1. The summed E-state index contributed by atoms with van der Waals surface area (Å²) in [5, 5.41) is 0. The Kier molecular flexibility index (Phi) is 3.56. The number of aldehydes is 1. The molecule has 0 aliphatic heterocycles. The molecule has 0 spiro atoms. The van der Waals surface area contributed by atoms with E-state index in [0.29, 0.717) is 6.42 Å². The molecule has 1 aromatic heterocycles. The van der Waals surface area contributed by atoms with Gasteiger partial charge in [0, 0.05) is 18.3 Å². The highest BCUT2D eigenvalue weighted by Crippen LogP contribution is 2.25. The maximum atomic E-state index is 11.5. The van der Waals surface area contributed by atoms with E-state index in [9.17, 15) is 4.79 Å². The van der Waals surface area contributed by atoms with Crippen molar-refractivity contribution < 1.29 is 4.79 Å². The lowest BCUT2D eigenvalue weighted by molar-refractivity contribution is -0.112. The van der Waals surface area contributed by atoms with Crippen molar-refractivity contribution in [1.82, 2.24) is 4.98 Å². The molecule has 92 valence electrons. The average Bonchev–Trinajstić information content (AvgIpc) is 2.40. The number of hydrogen-bond acceptors (Lipinski definition) is 2. The molecule has 0 N–H and O–H groups in total. The fraction of sp³-hybridized carbons (Fsp3) is 0.250. The van der Waals surface area contributed by atoms with Crippen LogP contribution in [0.5, 0.6) is 0 Å². The van der Waals surface area contributed by atoms with Gasteiger partial charge >= 0.3 is 0 Å². The zero-order chi connectivity index (χ0) is 13.0. The first-order chi connectivity index (χ1) is 8.64. The summed E-state index contributed by atoms with van der Waals surface area (Å²) < 4.78 is 0. The number of aromatic nitrogens is 1. The third kappa shape index (κ3) is 2.65. The second-order valence-electron chi connectivity index (χ2n) is 4.90. The molecular weight excluding hydrogens is 222 g/mol. The third-order valence-corrected chi connectivity index (χ3v) is 3.25. The van der Waals surface area contributed by atoms with E-state index in [1.165, 1.54) is 5.56 Å². The molecule has 2 heteroatoms. The number of carbonyl (C=O) groups excluding carboxylic acids is 1. The van der Waals surface area contributed by atoms with Gasteiger partial charge in [-0.2, -0.15) is 0 Å². The summed E-state index contributed by atoms with van der Waals surface area (Å²) in [6.45, 7) is 4.00. The van der Waals surface area contributed by atoms with Gasteiger partial charge in [0.25, 0.3) is 0 Å². The van der Waals surface area contributed by atoms with Gasteiger partial charge in [0.15, 0.2) is 0 Å². The van der Waals surface area contributed by atoms with Crippen LogP contribution in [0, 0.1) is 6.92 Å². The fourth-order valence-electron chi connectivity index (χ4n) is 2.03.